The second-order valence-electron chi connectivity index (χ2n) is 17.0. The fourth-order valence-corrected chi connectivity index (χ4v) is 9.63. The zero-order valence-electron chi connectivity index (χ0n) is 36.7. The lowest BCUT2D eigenvalue weighted by Crippen LogP contribution is -2.02. The van der Waals surface area contributed by atoms with Crippen LogP contribution in [0.2, 0.25) is 0 Å². The van der Waals surface area contributed by atoms with E-state index in [4.69, 9.17) is 24.4 Å². The standard InChI is InChI=1S/C62H39N5O/c1-6-18-40(19-7-1)45-34-46(41-20-8-2-9-21-41)36-47(35-45)48-38-53(62-65-60(42-22-10-3-11-23-42)64-61(66-62)43-24-12-4-13-25-43)58(63-39-48)44-30-33-56-52(37-44)50-31-32-55-57(59(50)68-56)51-28-16-17-29-54(51)67(55)49-26-14-5-15-27-49/h1-39H. The van der Waals surface area contributed by atoms with Crippen LogP contribution in [0.1, 0.15) is 0 Å². The van der Waals surface area contributed by atoms with E-state index in [1.165, 1.54) is 0 Å². The maximum absolute atomic E-state index is 6.86. The number of hydrogen-bond acceptors (Lipinski definition) is 5. The molecule has 6 nitrogen and oxygen atoms in total. The second kappa shape index (κ2) is 16.3. The Labute approximate surface area is 392 Å². The van der Waals surface area contributed by atoms with Gasteiger partial charge in [0.05, 0.1) is 22.1 Å². The third-order valence-electron chi connectivity index (χ3n) is 12.9. The van der Waals surface area contributed by atoms with Gasteiger partial charge in [-0.2, -0.15) is 0 Å². The summed E-state index contributed by atoms with van der Waals surface area (Å²) in [6, 6.07) is 80.1. The lowest BCUT2D eigenvalue weighted by molar-refractivity contribution is 0.673. The van der Waals surface area contributed by atoms with E-state index in [9.17, 15) is 0 Å². The maximum atomic E-state index is 6.86. The number of nitrogens with zero attached hydrogens (tertiary/aromatic N) is 5. The van der Waals surface area contributed by atoms with Gasteiger partial charge < -0.3 is 8.98 Å². The van der Waals surface area contributed by atoms with Gasteiger partial charge in [-0.1, -0.05) is 158 Å². The molecule has 6 heteroatoms. The van der Waals surface area contributed by atoms with Gasteiger partial charge in [0.1, 0.15) is 11.2 Å². The normalized spacial score (nSPS) is 11.5. The molecule has 4 heterocycles. The van der Waals surface area contributed by atoms with Gasteiger partial charge in [0.2, 0.25) is 0 Å². The van der Waals surface area contributed by atoms with Crippen molar-refractivity contribution in [3.05, 3.63) is 237 Å². The van der Waals surface area contributed by atoms with Crippen molar-refractivity contribution in [1.29, 1.82) is 0 Å². The van der Waals surface area contributed by atoms with Gasteiger partial charge >= 0.3 is 0 Å². The van der Waals surface area contributed by atoms with Crippen LogP contribution >= 0.6 is 0 Å². The molecule has 0 saturated carbocycles. The molecular weight excluding hydrogens is 831 g/mol. The molecule has 9 aromatic carbocycles. The number of benzene rings is 9. The SMILES string of the molecule is c1ccc(-c2cc(-c3ccccc3)cc(-c3cnc(-c4ccc5oc6c(ccc7c6c6ccccc6n7-c6ccccc6)c5c4)c(-c4nc(-c5ccccc5)nc(-c5ccccc5)n4)c3)c2)cc1. The monoisotopic (exact) mass is 869 g/mol. The summed E-state index contributed by atoms with van der Waals surface area (Å²) in [6.07, 6.45) is 1.98. The first-order valence-electron chi connectivity index (χ1n) is 22.8. The summed E-state index contributed by atoms with van der Waals surface area (Å²) < 4.78 is 9.18. The van der Waals surface area contributed by atoms with Gasteiger partial charge in [-0.25, -0.2) is 15.0 Å². The summed E-state index contributed by atoms with van der Waals surface area (Å²) in [6.45, 7) is 0. The molecule has 0 saturated heterocycles. The Balaban J connectivity index is 1.04. The molecule has 0 amide bonds. The molecule has 318 valence electrons. The van der Waals surface area contributed by atoms with E-state index in [0.717, 1.165) is 111 Å². The minimum absolute atomic E-state index is 0.525. The fourth-order valence-electron chi connectivity index (χ4n) is 9.63. The van der Waals surface area contributed by atoms with Crippen LogP contribution in [-0.2, 0) is 0 Å². The molecule has 4 aromatic heterocycles. The van der Waals surface area contributed by atoms with E-state index in [2.05, 4.69) is 174 Å². The van der Waals surface area contributed by atoms with Crippen LogP contribution in [0.5, 0.6) is 0 Å². The first-order valence-corrected chi connectivity index (χ1v) is 22.8. The predicted molar refractivity (Wildman–Crippen MR) is 277 cm³/mol. The highest BCUT2D eigenvalue weighted by atomic mass is 16.3. The molecule has 68 heavy (non-hydrogen) atoms. The Morgan fingerprint density at radius 1 is 0.338 bits per heavy atom. The van der Waals surface area contributed by atoms with Gasteiger partial charge in [0, 0.05) is 55.9 Å². The van der Waals surface area contributed by atoms with Crippen molar-refractivity contribution in [1.82, 2.24) is 24.5 Å². The molecular formula is C62H39N5O. The fraction of sp³-hybridized carbons (Fsp3) is 0. The van der Waals surface area contributed by atoms with Crippen LogP contribution in [-0.4, -0.2) is 24.5 Å². The summed E-state index contributed by atoms with van der Waals surface area (Å²) >= 11 is 0. The van der Waals surface area contributed by atoms with Crippen LogP contribution in [0.3, 0.4) is 0 Å². The second-order valence-corrected chi connectivity index (χ2v) is 17.0. The number of para-hydroxylation sites is 2. The number of hydrogen-bond donors (Lipinski definition) is 0. The third-order valence-corrected chi connectivity index (χ3v) is 12.9. The molecule has 0 aliphatic rings. The first kappa shape index (κ1) is 39.1. The van der Waals surface area contributed by atoms with Crippen LogP contribution in [0, 0.1) is 0 Å². The Bertz CT molecular complexity index is 3880. The molecule has 0 aliphatic heterocycles. The van der Waals surface area contributed by atoms with E-state index < -0.39 is 0 Å². The van der Waals surface area contributed by atoms with Crippen LogP contribution < -0.4 is 0 Å². The van der Waals surface area contributed by atoms with Crippen molar-refractivity contribution in [2.75, 3.05) is 0 Å². The minimum atomic E-state index is 0.525. The Morgan fingerprint density at radius 2 is 0.868 bits per heavy atom. The van der Waals surface area contributed by atoms with Crippen LogP contribution in [0.25, 0.3) is 128 Å². The van der Waals surface area contributed by atoms with E-state index >= 15 is 0 Å². The Hall–Kier alpha value is -9.26. The first-order chi connectivity index (χ1) is 33.7. The number of rotatable bonds is 8. The van der Waals surface area contributed by atoms with E-state index in [1.807, 2.05) is 66.9 Å². The van der Waals surface area contributed by atoms with Gasteiger partial charge in [0.15, 0.2) is 17.5 Å². The van der Waals surface area contributed by atoms with Crippen LogP contribution in [0.15, 0.2) is 241 Å². The smallest absolute Gasteiger partial charge is 0.166 e. The zero-order chi connectivity index (χ0) is 45.0. The number of fused-ring (bicyclic) bond motifs is 7. The Morgan fingerprint density at radius 3 is 1.49 bits per heavy atom. The van der Waals surface area contributed by atoms with Crippen molar-refractivity contribution in [2.45, 2.75) is 0 Å². The third kappa shape index (κ3) is 6.82. The average molecular weight is 870 g/mol. The molecule has 0 bridgehead atoms. The van der Waals surface area contributed by atoms with Gasteiger partial charge in [-0.05, 0) is 101 Å². The molecule has 13 rings (SSSR count). The van der Waals surface area contributed by atoms with Crippen molar-refractivity contribution in [3.63, 3.8) is 0 Å². The molecule has 0 aliphatic carbocycles. The Kier molecular flexibility index (Phi) is 9.39. The van der Waals surface area contributed by atoms with Crippen molar-refractivity contribution >= 4 is 43.7 Å². The highest BCUT2D eigenvalue weighted by Gasteiger charge is 2.22. The van der Waals surface area contributed by atoms with E-state index in [-0.39, 0.29) is 0 Å². The molecule has 0 unspecified atom stereocenters. The number of aromatic nitrogens is 5. The molecule has 0 N–H and O–H groups in total. The molecule has 13 aromatic rings. The summed E-state index contributed by atoms with van der Waals surface area (Å²) in [5.74, 6) is 1.69. The maximum Gasteiger partial charge on any atom is 0.166 e. The number of pyridine rings is 1. The molecule has 0 spiro atoms. The lowest BCUT2D eigenvalue weighted by Gasteiger charge is -2.15. The van der Waals surface area contributed by atoms with Crippen molar-refractivity contribution in [2.24, 2.45) is 0 Å². The minimum Gasteiger partial charge on any atom is -0.455 e. The van der Waals surface area contributed by atoms with E-state index in [1.54, 1.807) is 0 Å². The van der Waals surface area contributed by atoms with Crippen LogP contribution in [0.4, 0.5) is 0 Å². The highest BCUT2D eigenvalue weighted by molar-refractivity contribution is 6.24. The largest absolute Gasteiger partial charge is 0.455 e. The molecule has 0 fully saturated rings. The van der Waals surface area contributed by atoms with E-state index in [0.29, 0.717) is 17.5 Å². The molecule has 0 atom stereocenters. The predicted octanol–water partition coefficient (Wildman–Crippen LogP) is 15.9. The number of furan rings is 1. The summed E-state index contributed by atoms with van der Waals surface area (Å²) in [4.78, 5) is 20.9. The van der Waals surface area contributed by atoms with Gasteiger partial charge in [0.25, 0.3) is 0 Å². The summed E-state index contributed by atoms with van der Waals surface area (Å²) in [5, 5.41) is 4.26. The lowest BCUT2D eigenvalue weighted by atomic mass is 9.92. The molecule has 0 radical (unpaired) electrons. The highest BCUT2D eigenvalue weighted by Crippen LogP contribution is 2.43. The summed E-state index contributed by atoms with van der Waals surface area (Å²) in [5.41, 5.74) is 15.7. The zero-order valence-corrected chi connectivity index (χ0v) is 36.7. The average Bonchev–Trinajstić information content (AvgIpc) is 3.97. The van der Waals surface area contributed by atoms with Crippen molar-refractivity contribution < 1.29 is 4.42 Å². The topological polar surface area (TPSA) is 69.6 Å². The quantitative estimate of drug-likeness (QED) is 0.152. The summed E-state index contributed by atoms with van der Waals surface area (Å²) in [7, 11) is 0. The van der Waals surface area contributed by atoms with Gasteiger partial charge in [-0.3, -0.25) is 4.98 Å². The van der Waals surface area contributed by atoms with Gasteiger partial charge in [-0.15, -0.1) is 0 Å². The van der Waals surface area contributed by atoms with Crippen molar-refractivity contribution in [3.8, 4) is 84.5 Å².